The lowest BCUT2D eigenvalue weighted by Crippen LogP contribution is -2.54. The van der Waals surface area contributed by atoms with E-state index in [1.54, 1.807) is 4.90 Å². The number of nitrogens with zero attached hydrogens (tertiary/aromatic N) is 4. The zero-order valence-electron chi connectivity index (χ0n) is 16.5. The number of non-ortho nitro benzene ring substituents is 1. The Labute approximate surface area is 179 Å². The van der Waals surface area contributed by atoms with Gasteiger partial charge in [0.1, 0.15) is 12.6 Å². The summed E-state index contributed by atoms with van der Waals surface area (Å²) in [7, 11) is 0. The maximum atomic E-state index is 13.0. The highest BCUT2D eigenvalue weighted by Crippen LogP contribution is 2.25. The number of aliphatic hydroxyl groups excluding tert-OH is 1. The summed E-state index contributed by atoms with van der Waals surface area (Å²) in [4.78, 5) is 41.1. The van der Waals surface area contributed by atoms with E-state index in [2.05, 4.69) is 4.90 Å². The zero-order chi connectivity index (χ0) is 21.7. The maximum absolute atomic E-state index is 13.0. The number of hydrogen-bond donors (Lipinski definition) is 1. The summed E-state index contributed by atoms with van der Waals surface area (Å²) >= 11 is 5.35. The molecule has 0 aliphatic carbocycles. The SMILES string of the molecule is O=C(C1CC([S])CN1C(=O)OCc1ccc([N+](=O)[O-])cc1)N1CCN(CCO)CC1. The molecule has 2 atom stereocenters. The van der Waals surface area contributed by atoms with Gasteiger partial charge in [0, 0.05) is 56.7 Å². The first-order valence-electron chi connectivity index (χ1n) is 9.83. The quantitative estimate of drug-likeness (QED) is 0.521. The summed E-state index contributed by atoms with van der Waals surface area (Å²) in [5.41, 5.74) is 0.578. The van der Waals surface area contributed by atoms with E-state index in [1.165, 1.54) is 29.2 Å². The molecule has 3 rings (SSSR count). The molecule has 163 valence electrons. The van der Waals surface area contributed by atoms with Crippen LogP contribution in [0.4, 0.5) is 10.5 Å². The second-order valence-electron chi connectivity index (χ2n) is 7.39. The molecule has 2 saturated heterocycles. The molecule has 1 aromatic rings. The zero-order valence-corrected chi connectivity index (χ0v) is 17.3. The second kappa shape index (κ2) is 10.1. The molecule has 0 spiro atoms. The largest absolute Gasteiger partial charge is 0.445 e. The van der Waals surface area contributed by atoms with Crippen LogP contribution in [0.25, 0.3) is 0 Å². The van der Waals surface area contributed by atoms with Crippen molar-refractivity contribution in [2.24, 2.45) is 0 Å². The van der Waals surface area contributed by atoms with Crippen LogP contribution in [-0.2, 0) is 16.1 Å². The van der Waals surface area contributed by atoms with E-state index in [4.69, 9.17) is 22.5 Å². The highest BCUT2D eigenvalue weighted by Gasteiger charge is 2.41. The fourth-order valence-electron chi connectivity index (χ4n) is 3.72. The number of likely N-dealkylation sites (tertiary alicyclic amines) is 1. The van der Waals surface area contributed by atoms with Gasteiger partial charge in [-0.1, -0.05) is 12.6 Å². The van der Waals surface area contributed by atoms with Gasteiger partial charge in [-0.25, -0.2) is 4.79 Å². The lowest BCUT2D eigenvalue weighted by atomic mass is 10.1. The summed E-state index contributed by atoms with van der Waals surface area (Å²) in [5, 5.41) is 19.5. The minimum atomic E-state index is -0.638. The fourth-order valence-corrected chi connectivity index (χ4v) is 4.06. The highest BCUT2D eigenvalue weighted by molar-refractivity contribution is 7.81. The van der Waals surface area contributed by atoms with Crippen LogP contribution in [-0.4, -0.2) is 93.9 Å². The van der Waals surface area contributed by atoms with E-state index >= 15 is 0 Å². The van der Waals surface area contributed by atoms with Crippen molar-refractivity contribution >= 4 is 30.3 Å². The maximum Gasteiger partial charge on any atom is 0.410 e. The van der Waals surface area contributed by atoms with Gasteiger partial charge in [0.25, 0.3) is 5.69 Å². The monoisotopic (exact) mass is 437 g/mol. The first kappa shape index (κ1) is 22.3. The molecule has 2 aliphatic rings. The van der Waals surface area contributed by atoms with Crippen molar-refractivity contribution in [3.63, 3.8) is 0 Å². The number of benzene rings is 1. The van der Waals surface area contributed by atoms with Crippen LogP contribution >= 0.6 is 12.6 Å². The van der Waals surface area contributed by atoms with Gasteiger partial charge in [-0.05, 0) is 24.1 Å². The fraction of sp³-hybridized carbons (Fsp3) is 0.579. The van der Waals surface area contributed by atoms with E-state index in [-0.39, 0.29) is 36.6 Å². The lowest BCUT2D eigenvalue weighted by molar-refractivity contribution is -0.384. The van der Waals surface area contributed by atoms with E-state index in [1.807, 2.05) is 0 Å². The van der Waals surface area contributed by atoms with Crippen LogP contribution in [0.15, 0.2) is 24.3 Å². The summed E-state index contributed by atoms with van der Waals surface area (Å²) in [6.45, 7) is 3.35. The Bertz CT molecular complexity index is 769. The van der Waals surface area contributed by atoms with Crippen LogP contribution in [0.1, 0.15) is 12.0 Å². The predicted octanol–water partition coefficient (Wildman–Crippen LogP) is 1.01. The van der Waals surface area contributed by atoms with Crippen LogP contribution < -0.4 is 0 Å². The summed E-state index contributed by atoms with van der Waals surface area (Å²) in [6.07, 6.45) is -0.199. The third-order valence-electron chi connectivity index (χ3n) is 5.39. The average Bonchev–Trinajstić information content (AvgIpc) is 3.14. The summed E-state index contributed by atoms with van der Waals surface area (Å²) in [6, 6.07) is 5.11. The number of ether oxygens (including phenoxy) is 1. The normalized spacial score (nSPS) is 22.2. The molecule has 2 amide bonds. The second-order valence-corrected chi connectivity index (χ2v) is 8.06. The number of carbonyl (C=O) groups excluding carboxylic acids is 2. The number of piperazine rings is 1. The summed E-state index contributed by atoms with van der Waals surface area (Å²) in [5.74, 6) is -0.127. The van der Waals surface area contributed by atoms with Crippen molar-refractivity contribution in [1.29, 1.82) is 0 Å². The van der Waals surface area contributed by atoms with Crippen molar-refractivity contribution in [3.05, 3.63) is 39.9 Å². The van der Waals surface area contributed by atoms with Gasteiger partial charge in [-0.15, -0.1) is 0 Å². The van der Waals surface area contributed by atoms with Gasteiger partial charge in [-0.3, -0.25) is 24.7 Å². The summed E-state index contributed by atoms with van der Waals surface area (Å²) < 4.78 is 5.34. The molecule has 2 unspecified atom stereocenters. The molecule has 0 saturated carbocycles. The standard InChI is InChI=1S/C19H25N4O6S/c24-10-9-20-5-7-21(8-6-20)18(25)17-11-16(30)12-22(17)19(26)29-13-14-1-3-15(4-2-14)23(27)28/h1-4,16-17,24H,5-13H2. The molecule has 11 heteroatoms. The van der Waals surface area contributed by atoms with Gasteiger partial charge in [0.2, 0.25) is 5.91 Å². The first-order chi connectivity index (χ1) is 14.4. The Morgan fingerprint density at radius 1 is 1.20 bits per heavy atom. The highest BCUT2D eigenvalue weighted by atomic mass is 32.1. The topological polar surface area (TPSA) is 116 Å². The number of aliphatic hydroxyl groups is 1. The van der Waals surface area contributed by atoms with Gasteiger partial charge in [0.15, 0.2) is 0 Å². The third kappa shape index (κ3) is 5.41. The van der Waals surface area contributed by atoms with Gasteiger partial charge < -0.3 is 14.7 Å². The Morgan fingerprint density at radius 3 is 2.47 bits per heavy atom. The van der Waals surface area contributed by atoms with E-state index in [9.17, 15) is 19.7 Å². The predicted molar refractivity (Wildman–Crippen MR) is 110 cm³/mol. The molecule has 1 N–H and O–H groups in total. The van der Waals surface area contributed by atoms with Gasteiger partial charge >= 0.3 is 6.09 Å². The van der Waals surface area contributed by atoms with Gasteiger partial charge in [0.05, 0.1) is 11.5 Å². The van der Waals surface area contributed by atoms with Crippen molar-refractivity contribution < 1.29 is 24.4 Å². The van der Waals surface area contributed by atoms with E-state index in [0.717, 1.165) is 0 Å². The average molecular weight is 437 g/mol. The third-order valence-corrected chi connectivity index (χ3v) is 5.73. The Balaban J connectivity index is 1.56. The molecule has 2 aliphatic heterocycles. The Morgan fingerprint density at radius 2 is 1.87 bits per heavy atom. The van der Waals surface area contributed by atoms with Crippen LogP contribution in [0, 0.1) is 10.1 Å². The van der Waals surface area contributed by atoms with Gasteiger partial charge in [-0.2, -0.15) is 0 Å². The van der Waals surface area contributed by atoms with Crippen LogP contribution in [0.3, 0.4) is 0 Å². The number of amides is 2. The molecule has 2 heterocycles. The van der Waals surface area contributed by atoms with Crippen molar-refractivity contribution in [1.82, 2.24) is 14.7 Å². The smallest absolute Gasteiger partial charge is 0.410 e. The number of nitro groups is 1. The molecule has 2 fully saturated rings. The molecular formula is C19H25N4O6S. The Hall–Kier alpha value is -2.37. The van der Waals surface area contributed by atoms with Crippen molar-refractivity contribution in [3.8, 4) is 0 Å². The number of carbonyl (C=O) groups is 2. The Kier molecular flexibility index (Phi) is 7.51. The number of β-amino-alcohol motifs (C(OH)–C–C–N with tert-alkyl or cyclic N) is 1. The van der Waals surface area contributed by atoms with Crippen LogP contribution in [0.2, 0.25) is 0 Å². The molecule has 30 heavy (non-hydrogen) atoms. The number of nitro benzene ring substituents is 1. The van der Waals surface area contributed by atoms with Crippen molar-refractivity contribution in [2.75, 3.05) is 45.9 Å². The minimum absolute atomic E-state index is 0.0386. The molecular weight excluding hydrogens is 412 g/mol. The van der Waals surface area contributed by atoms with E-state index < -0.39 is 17.1 Å². The minimum Gasteiger partial charge on any atom is -0.445 e. The first-order valence-corrected chi connectivity index (χ1v) is 10.3. The molecule has 0 aromatic heterocycles. The van der Waals surface area contributed by atoms with Crippen molar-refractivity contribution in [2.45, 2.75) is 24.3 Å². The molecule has 1 radical (unpaired) electrons. The number of hydrogen-bond acceptors (Lipinski definition) is 7. The molecule has 0 bridgehead atoms. The van der Waals surface area contributed by atoms with E-state index in [0.29, 0.717) is 44.7 Å². The van der Waals surface area contributed by atoms with Crippen LogP contribution in [0.5, 0.6) is 0 Å². The molecule has 10 nitrogen and oxygen atoms in total. The molecule has 1 aromatic carbocycles. The number of rotatable bonds is 6. The lowest BCUT2D eigenvalue weighted by Gasteiger charge is -2.36.